The molecular formula is C8H8BrClN+. The van der Waals surface area contributed by atoms with Crippen LogP contribution in [0.5, 0.6) is 0 Å². The Morgan fingerprint density at radius 1 is 1.64 bits per heavy atom. The molecule has 0 saturated heterocycles. The molecule has 0 N–H and O–H groups in total. The Bertz CT molecular complexity index is 273. The first-order valence-corrected chi connectivity index (χ1v) is 4.34. The van der Waals surface area contributed by atoms with E-state index in [1.54, 1.807) is 0 Å². The van der Waals surface area contributed by atoms with Crippen LogP contribution in [0.15, 0.2) is 40.6 Å². The molecule has 0 saturated carbocycles. The van der Waals surface area contributed by atoms with Crippen LogP contribution in [0.1, 0.15) is 0 Å². The zero-order valence-electron chi connectivity index (χ0n) is 5.93. The molecule has 1 aromatic rings. The van der Waals surface area contributed by atoms with Gasteiger partial charge in [0.05, 0.1) is 5.03 Å². The second kappa shape index (κ2) is 3.88. The van der Waals surface area contributed by atoms with Crippen molar-refractivity contribution in [3.8, 4) is 0 Å². The van der Waals surface area contributed by atoms with Crippen molar-refractivity contribution < 1.29 is 4.57 Å². The quantitative estimate of drug-likeness (QED) is 0.546. The van der Waals surface area contributed by atoms with E-state index in [1.807, 2.05) is 29.0 Å². The lowest BCUT2D eigenvalue weighted by atomic mass is 10.5. The summed E-state index contributed by atoms with van der Waals surface area (Å²) in [6.07, 6.45) is 1.94. The number of allylic oxidation sites excluding steroid dienone is 1. The molecule has 0 bridgehead atoms. The molecule has 1 rings (SSSR count). The maximum absolute atomic E-state index is 5.65. The highest BCUT2D eigenvalue weighted by atomic mass is 79.9. The van der Waals surface area contributed by atoms with Gasteiger partial charge in [0, 0.05) is 28.1 Å². The molecule has 0 aliphatic carbocycles. The summed E-state index contributed by atoms with van der Waals surface area (Å²) in [5, 5.41) is 0.627. The van der Waals surface area contributed by atoms with Crippen molar-refractivity contribution >= 4 is 27.5 Å². The van der Waals surface area contributed by atoms with Crippen LogP contribution >= 0.6 is 27.5 Å². The number of halogens is 2. The monoisotopic (exact) mass is 232 g/mol. The first-order chi connectivity index (χ1) is 5.20. The van der Waals surface area contributed by atoms with Gasteiger partial charge in [0.25, 0.3) is 0 Å². The van der Waals surface area contributed by atoms with Crippen molar-refractivity contribution in [2.45, 2.75) is 6.54 Å². The van der Waals surface area contributed by atoms with E-state index in [2.05, 4.69) is 22.5 Å². The summed E-state index contributed by atoms with van der Waals surface area (Å²) in [4.78, 5) is 0. The van der Waals surface area contributed by atoms with Crippen LogP contribution in [-0.4, -0.2) is 0 Å². The van der Waals surface area contributed by atoms with E-state index in [0.29, 0.717) is 11.6 Å². The molecule has 3 heteroatoms. The minimum Gasteiger partial charge on any atom is -0.188 e. The van der Waals surface area contributed by atoms with Gasteiger partial charge in [-0.2, -0.15) is 4.57 Å². The minimum atomic E-state index is 0.627. The molecule has 1 nitrogen and oxygen atoms in total. The molecule has 1 aromatic heterocycles. The molecule has 1 heterocycles. The molecule has 0 aliphatic rings. The van der Waals surface area contributed by atoms with Crippen molar-refractivity contribution in [1.29, 1.82) is 0 Å². The van der Waals surface area contributed by atoms with Gasteiger partial charge in [-0.1, -0.05) is 18.2 Å². The minimum absolute atomic E-state index is 0.627. The molecule has 11 heavy (non-hydrogen) atoms. The Morgan fingerprint density at radius 2 is 2.36 bits per heavy atom. The van der Waals surface area contributed by atoms with Crippen molar-refractivity contribution in [2.75, 3.05) is 0 Å². The van der Waals surface area contributed by atoms with Gasteiger partial charge in [-0.25, -0.2) is 0 Å². The van der Waals surface area contributed by atoms with E-state index in [4.69, 9.17) is 11.6 Å². The highest BCUT2D eigenvalue weighted by molar-refractivity contribution is 9.10. The highest BCUT2D eigenvalue weighted by Crippen LogP contribution is 2.03. The van der Waals surface area contributed by atoms with E-state index in [0.717, 1.165) is 4.60 Å². The van der Waals surface area contributed by atoms with Gasteiger partial charge in [-0.3, -0.25) is 0 Å². The largest absolute Gasteiger partial charge is 0.248 e. The van der Waals surface area contributed by atoms with Gasteiger partial charge in [-0.15, -0.1) is 0 Å². The van der Waals surface area contributed by atoms with Crippen LogP contribution in [0.3, 0.4) is 0 Å². The molecule has 0 atom stereocenters. The van der Waals surface area contributed by atoms with Gasteiger partial charge in [0.1, 0.15) is 0 Å². The summed E-state index contributed by atoms with van der Waals surface area (Å²) in [7, 11) is 0. The number of hydrogen-bond donors (Lipinski definition) is 0. The smallest absolute Gasteiger partial charge is 0.188 e. The predicted molar refractivity (Wildman–Crippen MR) is 49.3 cm³/mol. The SMILES string of the molecule is C=C(Cl)C[n+]1ccccc1Br. The van der Waals surface area contributed by atoms with Gasteiger partial charge < -0.3 is 0 Å². The summed E-state index contributed by atoms with van der Waals surface area (Å²) in [5.74, 6) is 0. The molecule has 58 valence electrons. The maximum Gasteiger partial charge on any atom is 0.248 e. The summed E-state index contributed by atoms with van der Waals surface area (Å²) >= 11 is 9.04. The normalized spacial score (nSPS) is 9.64. The Hall–Kier alpha value is -0.340. The summed E-state index contributed by atoms with van der Waals surface area (Å²) < 4.78 is 2.97. The lowest BCUT2D eigenvalue weighted by molar-refractivity contribution is -0.698. The van der Waals surface area contributed by atoms with Gasteiger partial charge in [0.2, 0.25) is 4.60 Å². The van der Waals surface area contributed by atoms with E-state index < -0.39 is 0 Å². The average molecular weight is 234 g/mol. The van der Waals surface area contributed by atoms with Crippen LogP contribution in [0.2, 0.25) is 0 Å². The van der Waals surface area contributed by atoms with Gasteiger partial charge in [0.15, 0.2) is 12.7 Å². The van der Waals surface area contributed by atoms with Gasteiger partial charge >= 0.3 is 0 Å². The molecule has 0 unspecified atom stereocenters. The second-order valence-corrected chi connectivity index (χ2v) is 3.52. The molecular weight excluding hydrogens is 225 g/mol. The topological polar surface area (TPSA) is 3.88 Å². The number of rotatable bonds is 2. The third-order valence-electron chi connectivity index (χ3n) is 1.23. The molecule has 0 spiro atoms. The third kappa shape index (κ3) is 2.64. The lowest BCUT2D eigenvalue weighted by Gasteiger charge is -1.94. The summed E-state index contributed by atoms with van der Waals surface area (Å²) in [6.45, 7) is 4.26. The van der Waals surface area contributed by atoms with Crippen LogP contribution in [0, 0.1) is 0 Å². The lowest BCUT2D eigenvalue weighted by Crippen LogP contribution is -2.34. The average Bonchev–Trinajstić information content (AvgIpc) is 1.93. The number of pyridine rings is 1. The van der Waals surface area contributed by atoms with Crippen molar-refractivity contribution in [3.05, 3.63) is 40.6 Å². The van der Waals surface area contributed by atoms with Crippen molar-refractivity contribution in [3.63, 3.8) is 0 Å². The van der Waals surface area contributed by atoms with Crippen LogP contribution in [0.25, 0.3) is 0 Å². The molecule has 0 aromatic carbocycles. The number of hydrogen-bond acceptors (Lipinski definition) is 0. The number of nitrogens with zero attached hydrogens (tertiary/aromatic N) is 1. The Labute approximate surface area is 79.4 Å². The van der Waals surface area contributed by atoms with Gasteiger partial charge in [-0.05, 0) is 6.07 Å². The molecule has 0 fully saturated rings. The molecule has 0 radical (unpaired) electrons. The number of aromatic nitrogens is 1. The Balaban J connectivity index is 2.86. The second-order valence-electron chi connectivity index (χ2n) is 2.17. The van der Waals surface area contributed by atoms with E-state index in [1.165, 1.54) is 0 Å². The standard InChI is InChI=1S/C8H8BrClN/c1-7(10)6-11-5-3-2-4-8(11)9/h2-5H,1,6H2/q+1. The Morgan fingerprint density at radius 3 is 2.91 bits per heavy atom. The first kappa shape index (κ1) is 8.75. The fourth-order valence-electron chi connectivity index (χ4n) is 0.769. The Kier molecular flexibility index (Phi) is 3.09. The van der Waals surface area contributed by atoms with Crippen molar-refractivity contribution in [1.82, 2.24) is 0 Å². The van der Waals surface area contributed by atoms with E-state index in [9.17, 15) is 0 Å². The third-order valence-corrected chi connectivity index (χ3v) is 2.07. The van der Waals surface area contributed by atoms with Crippen molar-refractivity contribution in [2.24, 2.45) is 0 Å². The van der Waals surface area contributed by atoms with E-state index >= 15 is 0 Å². The zero-order chi connectivity index (χ0) is 8.27. The molecule has 0 amide bonds. The zero-order valence-corrected chi connectivity index (χ0v) is 8.27. The fourth-order valence-corrected chi connectivity index (χ4v) is 1.29. The summed E-state index contributed by atoms with van der Waals surface area (Å²) in [5.41, 5.74) is 0. The highest BCUT2D eigenvalue weighted by Gasteiger charge is 2.05. The molecule has 0 aliphatic heterocycles. The predicted octanol–water partition coefficient (Wildman–Crippen LogP) is 2.49. The van der Waals surface area contributed by atoms with Crippen LogP contribution in [0.4, 0.5) is 0 Å². The fraction of sp³-hybridized carbons (Fsp3) is 0.125. The van der Waals surface area contributed by atoms with Crippen LogP contribution in [-0.2, 0) is 6.54 Å². The first-order valence-electron chi connectivity index (χ1n) is 3.17. The van der Waals surface area contributed by atoms with Crippen LogP contribution < -0.4 is 4.57 Å². The maximum atomic E-state index is 5.65. The summed E-state index contributed by atoms with van der Waals surface area (Å²) in [6, 6.07) is 5.86. The van der Waals surface area contributed by atoms with E-state index in [-0.39, 0.29) is 0 Å².